The fourth-order valence-corrected chi connectivity index (χ4v) is 7.20. The van der Waals surface area contributed by atoms with Crippen LogP contribution in [0.1, 0.15) is 252 Å². The summed E-state index contributed by atoms with van der Waals surface area (Å²) < 4.78 is 17.4. The number of carbonyl (C=O) groups excluding carboxylic acids is 2. The molecular weight excluding hydrogens is 741 g/mol. The zero-order valence-electron chi connectivity index (χ0n) is 40.0. The standard InChI is InChI=1S/C55H98O5/c1-4-7-10-13-16-19-22-25-27-28-30-31-33-36-39-42-45-48-54(56)59-52-53(51-58-50-47-44-41-38-35-24-21-18-15-12-9-6-3)60-55(57)49-46-43-40-37-34-32-29-26-23-20-17-14-11-8-5-2/h7,10,16,19,25-27,29-31,53H,4-6,8-9,11-15,17-18,20-24,28,32-52H2,1-3H3/b10-7-,19-16-,27-25-,29-26-,31-30-. The molecule has 0 aromatic rings. The zero-order chi connectivity index (χ0) is 43.5. The summed E-state index contributed by atoms with van der Waals surface area (Å²) >= 11 is 0. The van der Waals surface area contributed by atoms with Crippen LogP contribution in [-0.4, -0.2) is 37.9 Å². The van der Waals surface area contributed by atoms with E-state index in [1.165, 1.54) is 122 Å². The molecule has 5 nitrogen and oxygen atoms in total. The maximum absolute atomic E-state index is 12.8. The van der Waals surface area contributed by atoms with E-state index in [1.807, 2.05) is 0 Å². The normalized spacial score (nSPS) is 12.7. The average Bonchev–Trinajstić information content (AvgIpc) is 3.25. The van der Waals surface area contributed by atoms with Gasteiger partial charge in [0.25, 0.3) is 0 Å². The second-order valence-corrected chi connectivity index (χ2v) is 17.0. The van der Waals surface area contributed by atoms with Crippen molar-refractivity contribution in [3.05, 3.63) is 60.8 Å². The van der Waals surface area contributed by atoms with Crippen LogP contribution in [0.15, 0.2) is 60.8 Å². The summed E-state index contributed by atoms with van der Waals surface area (Å²) in [7, 11) is 0. The van der Waals surface area contributed by atoms with Crippen LogP contribution in [0.25, 0.3) is 0 Å². The Hall–Kier alpha value is -2.40. The smallest absolute Gasteiger partial charge is 0.306 e. The van der Waals surface area contributed by atoms with E-state index in [0.29, 0.717) is 19.4 Å². The summed E-state index contributed by atoms with van der Waals surface area (Å²) in [5.41, 5.74) is 0. The highest BCUT2D eigenvalue weighted by atomic mass is 16.6. The molecule has 0 rings (SSSR count). The lowest BCUT2D eigenvalue weighted by molar-refractivity contribution is -0.163. The van der Waals surface area contributed by atoms with E-state index >= 15 is 0 Å². The first kappa shape index (κ1) is 57.6. The molecule has 0 saturated heterocycles. The van der Waals surface area contributed by atoms with Gasteiger partial charge in [0, 0.05) is 19.4 Å². The van der Waals surface area contributed by atoms with E-state index in [0.717, 1.165) is 96.3 Å². The van der Waals surface area contributed by atoms with E-state index in [1.54, 1.807) is 0 Å². The van der Waals surface area contributed by atoms with Crippen LogP contribution in [-0.2, 0) is 23.8 Å². The monoisotopic (exact) mass is 839 g/mol. The van der Waals surface area contributed by atoms with Crippen molar-refractivity contribution in [2.45, 2.75) is 258 Å². The molecule has 1 atom stereocenters. The minimum atomic E-state index is -0.548. The first-order valence-corrected chi connectivity index (χ1v) is 25.8. The van der Waals surface area contributed by atoms with Crippen LogP contribution >= 0.6 is 0 Å². The molecule has 0 N–H and O–H groups in total. The van der Waals surface area contributed by atoms with Crippen LogP contribution in [0.2, 0.25) is 0 Å². The molecule has 0 radical (unpaired) electrons. The van der Waals surface area contributed by atoms with Gasteiger partial charge in [-0.2, -0.15) is 0 Å². The van der Waals surface area contributed by atoms with Crippen molar-refractivity contribution < 1.29 is 23.8 Å². The van der Waals surface area contributed by atoms with Crippen LogP contribution in [0, 0.1) is 0 Å². The molecule has 0 aromatic heterocycles. The van der Waals surface area contributed by atoms with Crippen LogP contribution in [0.4, 0.5) is 0 Å². The molecule has 0 aliphatic rings. The maximum Gasteiger partial charge on any atom is 0.306 e. The van der Waals surface area contributed by atoms with E-state index in [4.69, 9.17) is 14.2 Å². The molecule has 0 spiro atoms. The number of carbonyl (C=O) groups is 2. The molecule has 0 aromatic carbocycles. The summed E-state index contributed by atoms with van der Waals surface area (Å²) in [4.78, 5) is 25.4. The predicted octanol–water partition coefficient (Wildman–Crippen LogP) is 17.3. The van der Waals surface area contributed by atoms with Gasteiger partial charge in [0.15, 0.2) is 6.10 Å². The lowest BCUT2D eigenvalue weighted by Crippen LogP contribution is -2.30. The van der Waals surface area contributed by atoms with Crippen molar-refractivity contribution >= 4 is 11.9 Å². The minimum Gasteiger partial charge on any atom is -0.462 e. The molecule has 0 bridgehead atoms. The van der Waals surface area contributed by atoms with Gasteiger partial charge < -0.3 is 14.2 Å². The lowest BCUT2D eigenvalue weighted by Gasteiger charge is -2.18. The molecule has 0 saturated carbocycles. The van der Waals surface area contributed by atoms with Gasteiger partial charge in [-0.15, -0.1) is 0 Å². The molecule has 0 aliphatic carbocycles. The Labute approximate surface area is 373 Å². The number of allylic oxidation sites excluding steroid dienone is 10. The van der Waals surface area contributed by atoms with Crippen LogP contribution in [0.5, 0.6) is 0 Å². The van der Waals surface area contributed by atoms with E-state index < -0.39 is 6.10 Å². The Kier molecular flexibility index (Phi) is 48.9. The lowest BCUT2D eigenvalue weighted by atomic mass is 10.1. The van der Waals surface area contributed by atoms with E-state index in [9.17, 15) is 9.59 Å². The highest BCUT2D eigenvalue weighted by Crippen LogP contribution is 2.14. The number of esters is 2. The third-order valence-electron chi connectivity index (χ3n) is 11.0. The topological polar surface area (TPSA) is 61.8 Å². The first-order valence-electron chi connectivity index (χ1n) is 25.8. The Morgan fingerprint density at radius 1 is 0.383 bits per heavy atom. The number of ether oxygens (including phenoxy) is 3. The number of rotatable bonds is 47. The summed E-state index contributed by atoms with van der Waals surface area (Å²) in [5, 5.41) is 0. The van der Waals surface area contributed by atoms with Crippen molar-refractivity contribution in [2.75, 3.05) is 19.8 Å². The Morgan fingerprint density at radius 2 is 0.750 bits per heavy atom. The van der Waals surface area contributed by atoms with Crippen molar-refractivity contribution in [3.8, 4) is 0 Å². The van der Waals surface area contributed by atoms with Gasteiger partial charge in [0.2, 0.25) is 0 Å². The van der Waals surface area contributed by atoms with Crippen molar-refractivity contribution in [1.29, 1.82) is 0 Å². The van der Waals surface area contributed by atoms with Crippen molar-refractivity contribution in [2.24, 2.45) is 0 Å². The second-order valence-electron chi connectivity index (χ2n) is 17.0. The fourth-order valence-electron chi connectivity index (χ4n) is 7.20. The van der Waals surface area contributed by atoms with Gasteiger partial charge in [-0.1, -0.05) is 216 Å². The average molecular weight is 839 g/mol. The Balaban J connectivity index is 4.30. The summed E-state index contributed by atoms with van der Waals surface area (Å²) in [6, 6.07) is 0. The van der Waals surface area contributed by atoms with Crippen LogP contribution < -0.4 is 0 Å². The van der Waals surface area contributed by atoms with Gasteiger partial charge in [-0.25, -0.2) is 0 Å². The van der Waals surface area contributed by atoms with Gasteiger partial charge >= 0.3 is 11.9 Å². The van der Waals surface area contributed by atoms with Gasteiger partial charge in [-0.3, -0.25) is 9.59 Å². The third-order valence-corrected chi connectivity index (χ3v) is 11.0. The first-order chi connectivity index (χ1) is 29.6. The van der Waals surface area contributed by atoms with Gasteiger partial charge in [0.1, 0.15) is 6.61 Å². The van der Waals surface area contributed by atoms with Crippen molar-refractivity contribution in [1.82, 2.24) is 0 Å². The number of unbranched alkanes of at least 4 members (excludes halogenated alkanes) is 26. The Bertz CT molecular complexity index is 1040. The fraction of sp³-hybridized carbons (Fsp3) is 0.782. The molecule has 0 heterocycles. The summed E-state index contributed by atoms with van der Waals surface area (Å²) in [6.45, 7) is 7.70. The summed E-state index contributed by atoms with van der Waals surface area (Å²) in [6.07, 6.45) is 63.6. The molecule has 348 valence electrons. The maximum atomic E-state index is 12.8. The summed E-state index contributed by atoms with van der Waals surface area (Å²) in [5.74, 6) is -0.427. The van der Waals surface area contributed by atoms with E-state index in [2.05, 4.69) is 81.5 Å². The zero-order valence-corrected chi connectivity index (χ0v) is 40.0. The SMILES string of the molecule is CC/C=C\C/C=C\C/C=C\C/C=C\CCCCCCC(=O)OCC(COCCCCCCCCCCCCCC)OC(=O)CCCCCCC/C=C\CCCCCCCC. The molecule has 0 fully saturated rings. The highest BCUT2D eigenvalue weighted by molar-refractivity contribution is 5.70. The number of hydrogen-bond acceptors (Lipinski definition) is 5. The second kappa shape index (κ2) is 51.0. The Morgan fingerprint density at radius 3 is 1.22 bits per heavy atom. The van der Waals surface area contributed by atoms with Gasteiger partial charge in [-0.05, 0) is 83.5 Å². The molecule has 1 unspecified atom stereocenters. The van der Waals surface area contributed by atoms with E-state index in [-0.39, 0.29) is 25.2 Å². The minimum absolute atomic E-state index is 0.0707. The largest absolute Gasteiger partial charge is 0.462 e. The quantitative estimate of drug-likeness (QED) is 0.0347. The molecule has 5 heteroatoms. The molecular formula is C55H98O5. The van der Waals surface area contributed by atoms with Gasteiger partial charge in [0.05, 0.1) is 6.61 Å². The van der Waals surface area contributed by atoms with Crippen molar-refractivity contribution in [3.63, 3.8) is 0 Å². The molecule has 0 aliphatic heterocycles. The van der Waals surface area contributed by atoms with Crippen LogP contribution in [0.3, 0.4) is 0 Å². The molecule has 60 heavy (non-hydrogen) atoms. The molecule has 0 amide bonds. The predicted molar refractivity (Wildman–Crippen MR) is 261 cm³/mol. The highest BCUT2D eigenvalue weighted by Gasteiger charge is 2.17. The third kappa shape index (κ3) is 48.3. The number of hydrogen-bond donors (Lipinski definition) is 0.